The highest BCUT2D eigenvalue weighted by molar-refractivity contribution is 6.12. The smallest absolute Gasteiger partial charge is 0.0159 e. The van der Waals surface area contributed by atoms with E-state index in [1.807, 2.05) is 0 Å². The van der Waals surface area contributed by atoms with Gasteiger partial charge >= 0.3 is 0 Å². The van der Waals surface area contributed by atoms with Gasteiger partial charge in [-0.1, -0.05) is 105 Å². The largest absolute Gasteiger partial charge is 0.0619 e. The van der Waals surface area contributed by atoms with Crippen molar-refractivity contribution in [3.8, 4) is 22.3 Å². The van der Waals surface area contributed by atoms with Crippen LogP contribution >= 0.6 is 0 Å². The highest BCUT2D eigenvalue weighted by Crippen LogP contribution is 2.49. The molecule has 0 aliphatic heterocycles. The molecule has 0 N–H and O–H groups in total. The zero-order chi connectivity index (χ0) is 19.6. The Hall–Kier alpha value is -3.38. The second-order valence-electron chi connectivity index (χ2n) is 8.62. The Morgan fingerprint density at radius 1 is 0.483 bits per heavy atom. The van der Waals surface area contributed by atoms with Crippen molar-refractivity contribution in [1.82, 2.24) is 0 Å². The normalized spacial score (nSPS) is 14.1. The maximum atomic E-state index is 2.42. The summed E-state index contributed by atoms with van der Waals surface area (Å²) in [4.78, 5) is 0. The fraction of sp³-hybridized carbons (Fsp3) is 0.103. The zero-order valence-electron chi connectivity index (χ0n) is 16.7. The van der Waals surface area contributed by atoms with Crippen molar-refractivity contribution >= 4 is 21.5 Å². The van der Waals surface area contributed by atoms with E-state index in [1.165, 1.54) is 54.9 Å². The van der Waals surface area contributed by atoms with Gasteiger partial charge in [0.25, 0.3) is 0 Å². The summed E-state index contributed by atoms with van der Waals surface area (Å²) < 4.78 is 0. The Labute approximate surface area is 171 Å². The van der Waals surface area contributed by atoms with Gasteiger partial charge in [-0.15, -0.1) is 0 Å². The molecular formula is C29H22. The molecule has 0 atom stereocenters. The minimum Gasteiger partial charge on any atom is -0.0619 e. The first kappa shape index (κ1) is 16.6. The quantitative estimate of drug-likeness (QED) is 0.262. The van der Waals surface area contributed by atoms with Crippen LogP contribution in [0.5, 0.6) is 0 Å². The van der Waals surface area contributed by atoms with Gasteiger partial charge in [-0.25, -0.2) is 0 Å². The molecule has 0 nitrogen and oxygen atoms in total. The predicted molar refractivity (Wildman–Crippen MR) is 124 cm³/mol. The van der Waals surface area contributed by atoms with Gasteiger partial charge in [-0.05, 0) is 61.0 Å². The first-order chi connectivity index (χ1) is 14.1. The van der Waals surface area contributed by atoms with Crippen molar-refractivity contribution in [2.75, 3.05) is 0 Å². The molecule has 0 amide bonds. The molecule has 0 spiro atoms. The molecule has 0 aromatic heterocycles. The molecular weight excluding hydrogens is 348 g/mol. The van der Waals surface area contributed by atoms with Gasteiger partial charge in [0.05, 0.1) is 0 Å². The van der Waals surface area contributed by atoms with Crippen molar-refractivity contribution in [3.63, 3.8) is 0 Å². The predicted octanol–water partition coefficient (Wildman–Crippen LogP) is 7.97. The van der Waals surface area contributed by atoms with Gasteiger partial charge < -0.3 is 0 Å². The molecule has 5 aromatic carbocycles. The topological polar surface area (TPSA) is 0 Å². The molecule has 29 heavy (non-hydrogen) atoms. The minimum atomic E-state index is 0.0270. The summed E-state index contributed by atoms with van der Waals surface area (Å²) in [5.74, 6) is 0. The van der Waals surface area contributed by atoms with Gasteiger partial charge in [0.15, 0.2) is 0 Å². The second kappa shape index (κ2) is 5.81. The third-order valence-corrected chi connectivity index (χ3v) is 6.68. The average Bonchev–Trinajstić information content (AvgIpc) is 3.00. The van der Waals surface area contributed by atoms with Crippen LogP contribution in [0.15, 0.2) is 97.1 Å². The lowest BCUT2D eigenvalue weighted by Crippen LogP contribution is -2.14. The Balaban J connectivity index is 1.61. The van der Waals surface area contributed by atoms with E-state index in [4.69, 9.17) is 0 Å². The number of benzene rings is 5. The molecule has 138 valence electrons. The Kier molecular flexibility index (Phi) is 3.32. The summed E-state index contributed by atoms with van der Waals surface area (Å²) in [5, 5.41) is 5.26. The molecule has 5 aromatic rings. The van der Waals surface area contributed by atoms with E-state index in [0.717, 1.165) is 0 Å². The number of hydrogen-bond donors (Lipinski definition) is 0. The lowest BCUT2D eigenvalue weighted by atomic mass is 9.81. The van der Waals surface area contributed by atoms with Crippen LogP contribution in [-0.4, -0.2) is 0 Å². The van der Waals surface area contributed by atoms with E-state index in [1.54, 1.807) is 0 Å². The molecule has 0 bridgehead atoms. The number of fused-ring (bicyclic) bond motifs is 6. The van der Waals surface area contributed by atoms with Crippen LogP contribution in [0.25, 0.3) is 43.8 Å². The molecule has 6 rings (SSSR count). The van der Waals surface area contributed by atoms with E-state index in [0.29, 0.717) is 0 Å². The van der Waals surface area contributed by atoms with Gasteiger partial charge in [0.2, 0.25) is 0 Å². The highest BCUT2D eigenvalue weighted by atomic mass is 14.4. The maximum Gasteiger partial charge on any atom is 0.0159 e. The average molecular weight is 370 g/mol. The van der Waals surface area contributed by atoms with Gasteiger partial charge in [0.1, 0.15) is 0 Å². The second-order valence-corrected chi connectivity index (χ2v) is 8.62. The van der Waals surface area contributed by atoms with Crippen LogP contribution in [-0.2, 0) is 5.41 Å². The van der Waals surface area contributed by atoms with Crippen LogP contribution < -0.4 is 0 Å². The van der Waals surface area contributed by atoms with Crippen molar-refractivity contribution in [2.24, 2.45) is 0 Å². The Bertz CT molecular complexity index is 1420. The fourth-order valence-corrected chi connectivity index (χ4v) is 5.16. The minimum absolute atomic E-state index is 0.0270. The molecule has 0 saturated heterocycles. The summed E-state index contributed by atoms with van der Waals surface area (Å²) in [6, 6.07) is 35.7. The SMILES string of the molecule is CC1(C)c2ccccc2-c2ccc(-c3cccc4c3ccc3ccccc34)cc21. The zero-order valence-corrected chi connectivity index (χ0v) is 16.7. The van der Waals surface area contributed by atoms with E-state index in [9.17, 15) is 0 Å². The van der Waals surface area contributed by atoms with Gasteiger partial charge in [-0.3, -0.25) is 0 Å². The molecule has 0 saturated carbocycles. The lowest BCUT2D eigenvalue weighted by Gasteiger charge is -2.22. The van der Waals surface area contributed by atoms with E-state index < -0.39 is 0 Å². The van der Waals surface area contributed by atoms with E-state index >= 15 is 0 Å². The number of rotatable bonds is 1. The molecule has 0 unspecified atom stereocenters. The summed E-state index contributed by atoms with van der Waals surface area (Å²) in [6.07, 6.45) is 0. The standard InChI is InChI=1S/C29H22/c1-29(2)27-13-6-5-10-25(27)26-17-15-20(18-28(26)29)22-11-7-12-23-21-9-4-3-8-19(21)14-16-24(22)23/h3-18H,1-2H3. The van der Waals surface area contributed by atoms with Gasteiger partial charge in [0, 0.05) is 5.41 Å². The van der Waals surface area contributed by atoms with E-state index in [-0.39, 0.29) is 5.41 Å². The highest BCUT2D eigenvalue weighted by Gasteiger charge is 2.35. The van der Waals surface area contributed by atoms with Crippen LogP contribution in [0, 0.1) is 0 Å². The van der Waals surface area contributed by atoms with Crippen molar-refractivity contribution in [2.45, 2.75) is 19.3 Å². The lowest BCUT2D eigenvalue weighted by molar-refractivity contribution is 0.660. The van der Waals surface area contributed by atoms with E-state index in [2.05, 4.69) is 111 Å². The van der Waals surface area contributed by atoms with Crippen LogP contribution in [0.4, 0.5) is 0 Å². The molecule has 1 aliphatic carbocycles. The maximum absolute atomic E-state index is 2.42. The molecule has 0 heteroatoms. The summed E-state index contributed by atoms with van der Waals surface area (Å²) in [5.41, 5.74) is 8.24. The third-order valence-electron chi connectivity index (χ3n) is 6.68. The third kappa shape index (κ3) is 2.26. The Morgan fingerprint density at radius 2 is 1.21 bits per heavy atom. The van der Waals surface area contributed by atoms with Crippen molar-refractivity contribution in [1.29, 1.82) is 0 Å². The summed E-state index contributed by atoms with van der Waals surface area (Å²) >= 11 is 0. The fourth-order valence-electron chi connectivity index (χ4n) is 5.16. The first-order valence-corrected chi connectivity index (χ1v) is 10.3. The van der Waals surface area contributed by atoms with Gasteiger partial charge in [-0.2, -0.15) is 0 Å². The monoisotopic (exact) mass is 370 g/mol. The summed E-state index contributed by atoms with van der Waals surface area (Å²) in [6.45, 7) is 4.69. The van der Waals surface area contributed by atoms with Crippen molar-refractivity contribution in [3.05, 3.63) is 108 Å². The van der Waals surface area contributed by atoms with Crippen LogP contribution in [0.3, 0.4) is 0 Å². The molecule has 1 aliphatic rings. The van der Waals surface area contributed by atoms with Crippen LogP contribution in [0.1, 0.15) is 25.0 Å². The molecule has 0 radical (unpaired) electrons. The Morgan fingerprint density at radius 3 is 2.14 bits per heavy atom. The molecule has 0 heterocycles. The molecule has 0 fully saturated rings. The first-order valence-electron chi connectivity index (χ1n) is 10.3. The van der Waals surface area contributed by atoms with Crippen LogP contribution in [0.2, 0.25) is 0 Å². The summed E-state index contributed by atoms with van der Waals surface area (Å²) in [7, 11) is 0. The van der Waals surface area contributed by atoms with Crippen molar-refractivity contribution < 1.29 is 0 Å². The number of hydrogen-bond acceptors (Lipinski definition) is 0.